The number of nitrogens with zero attached hydrogens (tertiary/aromatic N) is 4. The van der Waals surface area contributed by atoms with E-state index >= 15 is 0 Å². The van der Waals surface area contributed by atoms with Gasteiger partial charge in [-0.05, 0) is 18.9 Å². The smallest absolute Gasteiger partial charge is 0.325 e. The molecular formula is C20H24N4O6S2. The highest BCUT2D eigenvalue weighted by molar-refractivity contribution is 8.00. The van der Waals surface area contributed by atoms with Crippen LogP contribution in [0.15, 0.2) is 23.2 Å². The van der Waals surface area contributed by atoms with E-state index in [0.29, 0.717) is 10.2 Å². The Hall–Kier alpha value is -2.73. The highest BCUT2D eigenvalue weighted by atomic mass is 32.2. The van der Waals surface area contributed by atoms with E-state index in [2.05, 4.69) is 4.99 Å². The van der Waals surface area contributed by atoms with Crippen molar-refractivity contribution in [2.75, 3.05) is 31.7 Å². The second-order valence-corrected chi connectivity index (χ2v) is 9.24. The fraction of sp³-hybridized carbons (Fsp3) is 0.500. The third-order valence-corrected chi connectivity index (χ3v) is 6.97. The minimum Gasteiger partial charge on any atom is -0.468 e. The fourth-order valence-corrected chi connectivity index (χ4v) is 5.16. The number of aromatic nitrogens is 1. The van der Waals surface area contributed by atoms with E-state index in [-0.39, 0.29) is 34.4 Å². The molecule has 0 atom stereocenters. The first kappa shape index (κ1) is 23.9. The Balaban J connectivity index is 1.74. The summed E-state index contributed by atoms with van der Waals surface area (Å²) in [5.74, 6) is -0.721. The molecular weight excluding hydrogens is 456 g/mol. The molecule has 1 saturated heterocycles. The predicted octanol–water partition coefficient (Wildman–Crippen LogP) is 2.35. The number of rotatable bonds is 7. The van der Waals surface area contributed by atoms with Gasteiger partial charge in [0.2, 0.25) is 5.91 Å². The first-order valence-corrected chi connectivity index (χ1v) is 12.1. The van der Waals surface area contributed by atoms with Crippen molar-refractivity contribution < 1.29 is 24.0 Å². The van der Waals surface area contributed by atoms with E-state index in [0.717, 1.165) is 50.1 Å². The zero-order chi connectivity index (χ0) is 23.1. The van der Waals surface area contributed by atoms with Gasteiger partial charge in [-0.25, -0.2) is 0 Å². The lowest BCUT2D eigenvalue weighted by molar-refractivity contribution is -0.384. The highest BCUT2D eigenvalue weighted by Crippen LogP contribution is 2.23. The topological polar surface area (TPSA) is 124 Å². The van der Waals surface area contributed by atoms with E-state index in [1.165, 1.54) is 41.6 Å². The molecule has 0 spiro atoms. The number of thiazole rings is 1. The van der Waals surface area contributed by atoms with E-state index in [4.69, 9.17) is 4.74 Å². The minimum atomic E-state index is -0.533. The second kappa shape index (κ2) is 11.2. The molecule has 0 bridgehead atoms. The molecule has 0 N–H and O–H groups in total. The number of nitro benzene ring substituents is 1. The molecule has 2 aromatic rings. The summed E-state index contributed by atoms with van der Waals surface area (Å²) in [5.41, 5.74) is 0.450. The first-order valence-electron chi connectivity index (χ1n) is 10.2. The predicted molar refractivity (Wildman–Crippen MR) is 121 cm³/mol. The first-order chi connectivity index (χ1) is 15.4. The van der Waals surface area contributed by atoms with E-state index in [1.54, 1.807) is 0 Å². The number of hydrogen-bond donors (Lipinski definition) is 0. The number of esters is 1. The van der Waals surface area contributed by atoms with Gasteiger partial charge in [-0.3, -0.25) is 24.5 Å². The van der Waals surface area contributed by atoms with Crippen LogP contribution in [0.3, 0.4) is 0 Å². The second-order valence-electron chi connectivity index (χ2n) is 7.25. The maximum Gasteiger partial charge on any atom is 0.325 e. The molecule has 1 aliphatic rings. The largest absolute Gasteiger partial charge is 0.468 e. The van der Waals surface area contributed by atoms with Gasteiger partial charge in [-0.1, -0.05) is 24.2 Å². The third kappa shape index (κ3) is 6.16. The van der Waals surface area contributed by atoms with Crippen molar-refractivity contribution in [1.29, 1.82) is 0 Å². The SMILES string of the molecule is COC(=O)Cn1c(=NC(=O)CSCC(=O)N2CCCCCC2)sc2cc([N+](=O)[O-])ccc21. The van der Waals surface area contributed by atoms with Crippen molar-refractivity contribution >= 4 is 56.8 Å². The van der Waals surface area contributed by atoms with Crippen LogP contribution in [0.5, 0.6) is 0 Å². The lowest BCUT2D eigenvalue weighted by atomic mass is 10.2. The Morgan fingerprint density at radius 3 is 2.56 bits per heavy atom. The number of benzene rings is 1. The van der Waals surface area contributed by atoms with Crippen molar-refractivity contribution in [3.8, 4) is 0 Å². The number of methoxy groups -OCH3 is 1. The van der Waals surface area contributed by atoms with Crippen molar-refractivity contribution in [3.05, 3.63) is 33.1 Å². The number of non-ortho nitro benzene ring substituents is 1. The van der Waals surface area contributed by atoms with Crippen molar-refractivity contribution in [2.24, 2.45) is 4.99 Å². The molecule has 10 nitrogen and oxygen atoms in total. The maximum absolute atomic E-state index is 12.4. The molecule has 1 aromatic heterocycles. The maximum atomic E-state index is 12.4. The van der Waals surface area contributed by atoms with Gasteiger partial charge in [0.15, 0.2) is 4.80 Å². The van der Waals surface area contributed by atoms with Crippen LogP contribution in [0, 0.1) is 10.1 Å². The van der Waals surface area contributed by atoms with Gasteiger partial charge < -0.3 is 14.2 Å². The van der Waals surface area contributed by atoms with Gasteiger partial charge in [0.05, 0.1) is 33.8 Å². The number of thioether (sulfide) groups is 1. The van der Waals surface area contributed by atoms with Gasteiger partial charge in [0.1, 0.15) is 6.54 Å². The summed E-state index contributed by atoms with van der Waals surface area (Å²) in [7, 11) is 1.25. The quantitative estimate of drug-likeness (QED) is 0.338. The van der Waals surface area contributed by atoms with E-state index in [1.807, 2.05) is 4.90 Å². The average molecular weight is 481 g/mol. The van der Waals surface area contributed by atoms with Crippen LogP contribution in [0.25, 0.3) is 10.2 Å². The summed E-state index contributed by atoms with van der Waals surface area (Å²) in [6.07, 6.45) is 4.29. The number of amides is 2. The van der Waals surface area contributed by atoms with E-state index < -0.39 is 16.8 Å². The Kier molecular flexibility index (Phi) is 8.39. The molecule has 1 aromatic carbocycles. The molecule has 1 aliphatic heterocycles. The minimum absolute atomic E-state index is 0.0200. The monoisotopic (exact) mass is 480 g/mol. The Morgan fingerprint density at radius 2 is 1.91 bits per heavy atom. The van der Waals surface area contributed by atoms with Crippen molar-refractivity contribution in [2.45, 2.75) is 32.2 Å². The molecule has 2 amide bonds. The summed E-state index contributed by atoms with van der Waals surface area (Å²) in [6.45, 7) is 1.35. The Morgan fingerprint density at radius 1 is 1.19 bits per heavy atom. The molecule has 0 aliphatic carbocycles. The summed E-state index contributed by atoms with van der Waals surface area (Å²) in [4.78, 5) is 53.4. The molecule has 32 heavy (non-hydrogen) atoms. The fourth-order valence-electron chi connectivity index (χ4n) is 3.38. The van der Waals surface area contributed by atoms with Crippen LogP contribution in [0.1, 0.15) is 25.7 Å². The van der Waals surface area contributed by atoms with Crippen molar-refractivity contribution in [3.63, 3.8) is 0 Å². The lowest BCUT2D eigenvalue weighted by Gasteiger charge is -2.19. The van der Waals surface area contributed by atoms with Crippen LogP contribution in [0.2, 0.25) is 0 Å². The van der Waals surface area contributed by atoms with Gasteiger partial charge in [-0.15, -0.1) is 11.8 Å². The number of carbonyl (C=O) groups excluding carboxylic acids is 3. The summed E-state index contributed by atoms with van der Waals surface area (Å²) in [6, 6.07) is 4.23. The van der Waals surface area contributed by atoms with Crippen LogP contribution in [-0.4, -0.2) is 63.9 Å². The van der Waals surface area contributed by atoms with Crippen LogP contribution in [0.4, 0.5) is 5.69 Å². The number of ether oxygens (including phenoxy) is 1. The zero-order valence-corrected chi connectivity index (χ0v) is 19.3. The van der Waals surface area contributed by atoms with Crippen LogP contribution in [-0.2, 0) is 25.7 Å². The van der Waals surface area contributed by atoms with Crippen LogP contribution < -0.4 is 4.80 Å². The normalized spacial score (nSPS) is 14.9. The molecule has 0 saturated carbocycles. The van der Waals surface area contributed by atoms with Gasteiger partial charge in [0.25, 0.3) is 11.6 Å². The molecule has 0 radical (unpaired) electrons. The number of carbonyl (C=O) groups is 3. The number of hydrogen-bond acceptors (Lipinski definition) is 8. The highest BCUT2D eigenvalue weighted by Gasteiger charge is 2.17. The van der Waals surface area contributed by atoms with Crippen LogP contribution >= 0.6 is 23.1 Å². The molecule has 172 valence electrons. The standard InChI is InChI=1S/C20H24N4O6S2/c1-30-19(27)11-23-15-7-6-14(24(28)29)10-16(15)32-20(23)21-17(25)12-31-13-18(26)22-8-4-2-3-5-9-22/h6-7,10H,2-5,8-9,11-13H2,1H3. The third-order valence-electron chi connectivity index (χ3n) is 5.02. The lowest BCUT2D eigenvalue weighted by Crippen LogP contribution is -2.33. The Labute approximate surface area is 192 Å². The Bertz CT molecular complexity index is 1090. The molecule has 3 rings (SSSR count). The zero-order valence-electron chi connectivity index (χ0n) is 17.7. The number of likely N-dealkylation sites (tertiary alicyclic amines) is 1. The summed E-state index contributed by atoms with van der Waals surface area (Å²) >= 11 is 2.29. The van der Waals surface area contributed by atoms with Crippen molar-refractivity contribution in [1.82, 2.24) is 9.47 Å². The van der Waals surface area contributed by atoms with E-state index in [9.17, 15) is 24.5 Å². The molecule has 1 fully saturated rings. The molecule has 0 unspecified atom stereocenters. The molecule has 12 heteroatoms. The summed E-state index contributed by atoms with van der Waals surface area (Å²) in [5, 5.41) is 11.1. The van der Waals surface area contributed by atoms with Gasteiger partial charge >= 0.3 is 5.97 Å². The number of fused-ring (bicyclic) bond motifs is 1. The van der Waals surface area contributed by atoms with Gasteiger partial charge in [-0.2, -0.15) is 4.99 Å². The number of nitro groups is 1. The summed E-state index contributed by atoms with van der Waals surface area (Å²) < 4.78 is 6.74. The average Bonchev–Trinajstić information content (AvgIpc) is 2.94. The van der Waals surface area contributed by atoms with Gasteiger partial charge in [0, 0.05) is 25.2 Å². The molecule has 2 heterocycles.